The van der Waals surface area contributed by atoms with Gasteiger partial charge in [0.15, 0.2) is 11.5 Å². The quantitative estimate of drug-likeness (QED) is 0.525. The fraction of sp³-hybridized carbons (Fsp3) is 0.562. The lowest BCUT2D eigenvalue weighted by Crippen LogP contribution is -2.21. The number of hydrogen-bond acceptors (Lipinski definition) is 6. The fourth-order valence-electron chi connectivity index (χ4n) is 2.06. The fourth-order valence-corrected chi connectivity index (χ4v) is 2.06. The third-order valence-electron chi connectivity index (χ3n) is 3.13. The van der Waals surface area contributed by atoms with Crippen LogP contribution in [0, 0.1) is 0 Å². The number of esters is 1. The van der Waals surface area contributed by atoms with Crippen LogP contribution in [0.2, 0.25) is 0 Å². The second kappa shape index (κ2) is 9.89. The van der Waals surface area contributed by atoms with Crippen LogP contribution in [0.3, 0.4) is 0 Å². The largest absolute Gasteiger partial charge is 0.493 e. The van der Waals surface area contributed by atoms with Gasteiger partial charge in [0.25, 0.3) is 0 Å². The molecule has 1 aromatic rings. The maximum Gasteiger partial charge on any atom is 0.307 e. The van der Waals surface area contributed by atoms with Crippen LogP contribution in [-0.2, 0) is 16.0 Å². The number of rotatable bonds is 10. The number of carbonyl (C=O) groups excluding carboxylic acids is 1. The molecular formula is C16H25NO5. The molecule has 22 heavy (non-hydrogen) atoms. The van der Waals surface area contributed by atoms with E-state index in [-0.39, 0.29) is 5.97 Å². The molecule has 124 valence electrons. The van der Waals surface area contributed by atoms with Crippen molar-refractivity contribution in [3.05, 3.63) is 17.7 Å². The molecular weight excluding hydrogens is 286 g/mol. The number of methoxy groups -OCH3 is 3. The van der Waals surface area contributed by atoms with Gasteiger partial charge in [0, 0.05) is 6.54 Å². The van der Waals surface area contributed by atoms with Crippen molar-refractivity contribution in [1.82, 2.24) is 5.32 Å². The molecule has 0 aliphatic rings. The van der Waals surface area contributed by atoms with Crippen LogP contribution >= 0.6 is 0 Å². The molecule has 0 saturated carbocycles. The molecule has 0 radical (unpaired) electrons. The molecule has 1 N–H and O–H groups in total. The normalized spacial score (nSPS) is 10.2. The van der Waals surface area contributed by atoms with Crippen molar-refractivity contribution in [3.8, 4) is 17.2 Å². The van der Waals surface area contributed by atoms with E-state index in [0.29, 0.717) is 36.8 Å². The molecule has 0 spiro atoms. The van der Waals surface area contributed by atoms with Crippen LogP contribution in [0.4, 0.5) is 0 Å². The van der Waals surface area contributed by atoms with E-state index in [9.17, 15) is 4.79 Å². The topological polar surface area (TPSA) is 66.0 Å². The molecule has 1 rings (SSSR count). The summed E-state index contributed by atoms with van der Waals surface area (Å²) < 4.78 is 20.8. The number of benzene rings is 1. The average molecular weight is 311 g/mol. The molecule has 0 fully saturated rings. The van der Waals surface area contributed by atoms with Crippen molar-refractivity contribution in [3.63, 3.8) is 0 Å². The minimum atomic E-state index is -0.178. The highest BCUT2D eigenvalue weighted by Gasteiger charge is 2.12. The molecule has 0 bridgehead atoms. The first-order valence-corrected chi connectivity index (χ1v) is 7.31. The third kappa shape index (κ3) is 5.44. The number of ether oxygens (including phenoxy) is 4. The van der Waals surface area contributed by atoms with Gasteiger partial charge < -0.3 is 24.3 Å². The van der Waals surface area contributed by atoms with Crippen LogP contribution in [0.1, 0.15) is 18.9 Å². The molecule has 0 atom stereocenters. The zero-order valence-electron chi connectivity index (χ0n) is 13.7. The lowest BCUT2D eigenvalue weighted by atomic mass is 10.1. The van der Waals surface area contributed by atoms with Gasteiger partial charge in [0.1, 0.15) is 0 Å². The van der Waals surface area contributed by atoms with Crippen molar-refractivity contribution in [1.29, 1.82) is 0 Å². The van der Waals surface area contributed by atoms with Crippen LogP contribution < -0.4 is 19.5 Å². The summed E-state index contributed by atoms with van der Waals surface area (Å²) >= 11 is 0. The predicted octanol–water partition coefficient (Wildman–Crippen LogP) is 1.80. The van der Waals surface area contributed by atoms with Gasteiger partial charge in [-0.05, 0) is 37.6 Å². The van der Waals surface area contributed by atoms with Crippen molar-refractivity contribution < 1.29 is 23.7 Å². The smallest absolute Gasteiger partial charge is 0.307 e. The first kappa shape index (κ1) is 18.1. The number of nitrogens with one attached hydrogen (secondary N) is 1. The molecule has 0 amide bonds. The van der Waals surface area contributed by atoms with E-state index in [1.165, 1.54) is 0 Å². The minimum Gasteiger partial charge on any atom is -0.493 e. The Bertz CT molecular complexity index is 451. The van der Waals surface area contributed by atoms with E-state index in [4.69, 9.17) is 18.9 Å². The highest BCUT2D eigenvalue weighted by atomic mass is 16.5. The molecule has 0 unspecified atom stereocenters. The molecule has 6 nitrogen and oxygen atoms in total. The first-order valence-electron chi connectivity index (χ1n) is 7.31. The van der Waals surface area contributed by atoms with E-state index in [1.54, 1.807) is 28.3 Å². The Morgan fingerprint density at radius 3 is 2.18 bits per heavy atom. The van der Waals surface area contributed by atoms with Crippen molar-refractivity contribution in [2.24, 2.45) is 0 Å². The van der Waals surface area contributed by atoms with Gasteiger partial charge in [0.2, 0.25) is 5.75 Å². The second-order valence-corrected chi connectivity index (χ2v) is 4.59. The molecule has 0 aromatic heterocycles. The van der Waals surface area contributed by atoms with Crippen LogP contribution in [0.25, 0.3) is 0 Å². The van der Waals surface area contributed by atoms with Gasteiger partial charge in [-0.1, -0.05) is 0 Å². The zero-order chi connectivity index (χ0) is 16.4. The Morgan fingerprint density at radius 2 is 1.68 bits per heavy atom. The SMILES string of the molecule is CCOC(=O)CCNCCc1cc(OC)c(OC)c(OC)c1. The van der Waals surface area contributed by atoms with Crippen LogP contribution in [-0.4, -0.2) is 47.0 Å². The van der Waals surface area contributed by atoms with E-state index in [1.807, 2.05) is 12.1 Å². The van der Waals surface area contributed by atoms with Gasteiger partial charge in [-0.2, -0.15) is 0 Å². The van der Waals surface area contributed by atoms with Gasteiger partial charge in [-0.25, -0.2) is 0 Å². The summed E-state index contributed by atoms with van der Waals surface area (Å²) in [6.45, 7) is 3.57. The van der Waals surface area contributed by atoms with Gasteiger partial charge in [-0.3, -0.25) is 4.79 Å². The van der Waals surface area contributed by atoms with Crippen LogP contribution in [0.5, 0.6) is 17.2 Å². The van der Waals surface area contributed by atoms with Gasteiger partial charge in [0.05, 0.1) is 34.4 Å². The summed E-state index contributed by atoms with van der Waals surface area (Å²) in [7, 11) is 4.77. The second-order valence-electron chi connectivity index (χ2n) is 4.59. The van der Waals surface area contributed by atoms with E-state index in [2.05, 4.69) is 5.32 Å². The maximum absolute atomic E-state index is 11.2. The lowest BCUT2D eigenvalue weighted by molar-refractivity contribution is -0.142. The van der Waals surface area contributed by atoms with Crippen molar-refractivity contribution in [2.45, 2.75) is 19.8 Å². The van der Waals surface area contributed by atoms with E-state index < -0.39 is 0 Å². The first-order chi connectivity index (χ1) is 10.7. The number of carbonyl (C=O) groups is 1. The molecule has 0 aliphatic carbocycles. The molecule has 1 aromatic carbocycles. The predicted molar refractivity (Wildman–Crippen MR) is 83.9 cm³/mol. The van der Waals surface area contributed by atoms with Crippen molar-refractivity contribution >= 4 is 5.97 Å². The summed E-state index contributed by atoms with van der Waals surface area (Å²) in [6, 6.07) is 3.85. The summed E-state index contributed by atoms with van der Waals surface area (Å²) in [6.07, 6.45) is 1.17. The Morgan fingerprint density at radius 1 is 1.05 bits per heavy atom. The average Bonchev–Trinajstić information content (AvgIpc) is 2.53. The van der Waals surface area contributed by atoms with Gasteiger partial charge >= 0.3 is 5.97 Å². The molecule has 6 heteroatoms. The number of hydrogen-bond donors (Lipinski definition) is 1. The maximum atomic E-state index is 11.2. The zero-order valence-corrected chi connectivity index (χ0v) is 13.7. The monoisotopic (exact) mass is 311 g/mol. The van der Waals surface area contributed by atoms with E-state index >= 15 is 0 Å². The minimum absolute atomic E-state index is 0.178. The Hall–Kier alpha value is -1.95. The van der Waals surface area contributed by atoms with Crippen molar-refractivity contribution in [2.75, 3.05) is 41.0 Å². The summed E-state index contributed by atoms with van der Waals surface area (Å²) in [5, 5.41) is 3.21. The Balaban J connectivity index is 2.50. The van der Waals surface area contributed by atoms with Gasteiger partial charge in [-0.15, -0.1) is 0 Å². The summed E-state index contributed by atoms with van der Waals surface area (Å²) in [5.74, 6) is 1.69. The molecule has 0 aliphatic heterocycles. The molecule has 0 saturated heterocycles. The summed E-state index contributed by atoms with van der Waals surface area (Å²) in [5.41, 5.74) is 1.07. The lowest BCUT2D eigenvalue weighted by Gasteiger charge is -2.14. The van der Waals surface area contributed by atoms with Crippen LogP contribution in [0.15, 0.2) is 12.1 Å². The Labute approximate surface area is 131 Å². The summed E-state index contributed by atoms with van der Waals surface area (Å²) in [4.78, 5) is 11.2. The van der Waals surface area contributed by atoms with E-state index in [0.717, 1.165) is 18.5 Å². The highest BCUT2D eigenvalue weighted by Crippen LogP contribution is 2.38. The highest BCUT2D eigenvalue weighted by molar-refractivity contribution is 5.69. The third-order valence-corrected chi connectivity index (χ3v) is 3.13. The standard InChI is InChI=1S/C16H25NO5/c1-5-22-15(18)7-9-17-8-6-12-10-13(19-2)16(21-4)14(11-12)20-3/h10-11,17H,5-9H2,1-4H3. The molecule has 0 heterocycles. The Kier molecular flexibility index (Phi) is 8.14.